The quantitative estimate of drug-likeness (QED) is 0.0821. The van der Waals surface area contributed by atoms with E-state index in [4.69, 9.17) is 9.47 Å². The molecule has 0 bridgehead atoms. The van der Waals surface area contributed by atoms with E-state index < -0.39 is 58.6 Å². The summed E-state index contributed by atoms with van der Waals surface area (Å²) < 4.78 is 40.1. The molecule has 304 valence electrons. The largest absolute Gasteiger partial charge is 0.448 e. The third kappa shape index (κ3) is 9.52. The van der Waals surface area contributed by atoms with Gasteiger partial charge in [-0.25, -0.2) is 18.4 Å². The topological polar surface area (TPSA) is 138 Å². The fourth-order valence-corrected chi connectivity index (χ4v) is 8.25. The highest BCUT2D eigenvalue weighted by molar-refractivity contribution is 8.00. The zero-order valence-corrected chi connectivity index (χ0v) is 33.3. The van der Waals surface area contributed by atoms with Gasteiger partial charge in [0, 0.05) is 48.3 Å². The molecule has 4 aromatic rings. The molecule has 2 N–H and O–H groups in total. The molecule has 7 rings (SSSR count). The highest BCUT2D eigenvalue weighted by Crippen LogP contribution is 2.43. The second-order valence-corrected chi connectivity index (χ2v) is 16.3. The molecule has 4 amide bonds. The number of β-lactam (4-membered cyclic amide) rings is 1. The fraction of sp³-hybridized carbons (Fsp3) is 0.273. The summed E-state index contributed by atoms with van der Waals surface area (Å²) in [6.45, 7) is 5.77. The van der Waals surface area contributed by atoms with Gasteiger partial charge in [0.05, 0.1) is 0 Å². The number of anilines is 1. The number of esters is 1. The van der Waals surface area contributed by atoms with Crippen molar-refractivity contribution in [3.8, 4) is 0 Å². The van der Waals surface area contributed by atoms with E-state index in [0.29, 0.717) is 24.1 Å². The van der Waals surface area contributed by atoms with Crippen molar-refractivity contribution in [1.29, 1.82) is 0 Å². The molecule has 59 heavy (non-hydrogen) atoms. The minimum absolute atomic E-state index is 0.0119. The summed E-state index contributed by atoms with van der Waals surface area (Å²) in [5, 5.41) is 4.58. The molecule has 0 spiro atoms. The number of pyridine rings is 1. The molecule has 12 nitrogen and oxygen atoms in total. The number of fused-ring (bicyclic) bond motifs is 1. The van der Waals surface area contributed by atoms with Crippen LogP contribution in [0.2, 0.25) is 0 Å². The van der Waals surface area contributed by atoms with Gasteiger partial charge in [-0.15, -0.1) is 11.8 Å². The Kier molecular flexibility index (Phi) is 11.9. The van der Waals surface area contributed by atoms with E-state index >= 15 is 0 Å². The number of nitrogens with one attached hydrogen (secondary N) is 2. The van der Waals surface area contributed by atoms with E-state index in [2.05, 4.69) is 10.6 Å². The Morgan fingerprint density at radius 2 is 1.59 bits per heavy atom. The third-order valence-corrected chi connectivity index (χ3v) is 11.0. The van der Waals surface area contributed by atoms with Crippen molar-refractivity contribution in [2.45, 2.75) is 63.4 Å². The van der Waals surface area contributed by atoms with Crippen LogP contribution < -0.4 is 15.2 Å². The average Bonchev–Trinajstić information content (AvgIpc) is 3.55. The summed E-state index contributed by atoms with van der Waals surface area (Å²) in [6, 6.07) is 24.3. The molecular formula is C44H42F2N5O7S+. The second-order valence-electron chi connectivity index (χ2n) is 15.2. The van der Waals surface area contributed by atoms with Crippen LogP contribution in [-0.4, -0.2) is 68.9 Å². The number of thioether (sulfide) groups is 1. The van der Waals surface area contributed by atoms with Gasteiger partial charge in [0.1, 0.15) is 22.7 Å². The first-order valence-corrected chi connectivity index (χ1v) is 20.0. The normalized spacial score (nSPS) is 18.4. The highest BCUT2D eigenvalue weighted by Gasteiger charge is 2.55. The maximum Gasteiger partial charge on any atom is 0.408 e. The number of likely N-dealkylation sites (tertiary alicyclic amines) is 1. The van der Waals surface area contributed by atoms with E-state index in [0.717, 1.165) is 28.8 Å². The lowest BCUT2D eigenvalue weighted by Gasteiger charge is -2.49. The third-order valence-electron chi connectivity index (χ3n) is 9.72. The zero-order chi connectivity index (χ0) is 41.8. The summed E-state index contributed by atoms with van der Waals surface area (Å²) >= 11 is 1.36. The van der Waals surface area contributed by atoms with Crippen LogP contribution in [0.15, 0.2) is 126 Å². The summed E-state index contributed by atoms with van der Waals surface area (Å²) in [7, 11) is 0. The van der Waals surface area contributed by atoms with Gasteiger partial charge < -0.3 is 25.0 Å². The van der Waals surface area contributed by atoms with E-state index in [9.17, 15) is 32.8 Å². The standard InChI is InChI=1S/C44H41F2N5O7S/c1-44(2,3)58-43(56)48-36-40(54)51-37(42(55)57-38(28-10-6-4-7-11-28)29-12-8-5-9-13-29)31(26-59-41(36)51)22-30-18-21-50(39(30)53)24-27-16-19-49(20-17-27)25-35(52)47-32-14-15-33(45)34(46)23-32/h4-17,19-20,22-23,36,38,41H,18,21,24-26H2,1-3H3,(H-,47,48,52,56)/p+1/t36-,41-/m1/s1. The molecule has 3 aliphatic heterocycles. The maximum absolute atomic E-state index is 14.4. The number of aromatic nitrogens is 1. The van der Waals surface area contributed by atoms with Crippen molar-refractivity contribution < 1.29 is 46.8 Å². The minimum atomic E-state index is -1.06. The Morgan fingerprint density at radius 3 is 2.22 bits per heavy atom. The van der Waals surface area contributed by atoms with Gasteiger partial charge in [0.2, 0.25) is 12.5 Å². The first kappa shape index (κ1) is 40.8. The number of amides is 4. The molecule has 1 aromatic heterocycles. The van der Waals surface area contributed by atoms with E-state index in [-0.39, 0.29) is 36.1 Å². The first-order valence-electron chi connectivity index (χ1n) is 18.9. The van der Waals surface area contributed by atoms with Gasteiger partial charge in [-0.2, -0.15) is 4.57 Å². The Hall–Kier alpha value is -6.35. The van der Waals surface area contributed by atoms with Gasteiger partial charge in [0.15, 0.2) is 30.1 Å². The molecule has 2 atom stereocenters. The van der Waals surface area contributed by atoms with Gasteiger partial charge in [-0.05, 0) is 67.7 Å². The number of hydrogen-bond donors (Lipinski definition) is 2. The number of halogens is 2. The van der Waals surface area contributed by atoms with Gasteiger partial charge in [-0.3, -0.25) is 19.3 Å². The number of alkyl carbamates (subject to hydrolysis) is 1. The number of allylic oxidation sites excluding steroid dienone is 1. The number of benzene rings is 3. The van der Waals surface area contributed by atoms with Crippen LogP contribution in [0.3, 0.4) is 0 Å². The van der Waals surface area contributed by atoms with Crippen LogP contribution in [-0.2, 0) is 41.7 Å². The lowest BCUT2D eigenvalue weighted by Crippen LogP contribution is -2.70. The number of carbonyl (C=O) groups excluding carboxylic acids is 5. The maximum atomic E-state index is 14.4. The Bertz CT molecular complexity index is 2300. The number of hydrogen-bond acceptors (Lipinski definition) is 8. The highest BCUT2D eigenvalue weighted by atomic mass is 32.2. The first-order chi connectivity index (χ1) is 28.2. The minimum Gasteiger partial charge on any atom is -0.448 e. The Balaban J connectivity index is 1.09. The molecule has 0 unspecified atom stereocenters. The fourth-order valence-electron chi connectivity index (χ4n) is 6.95. The number of nitrogens with zero attached hydrogens (tertiary/aromatic N) is 3. The molecule has 0 radical (unpaired) electrons. The number of ether oxygens (including phenoxy) is 2. The van der Waals surface area contributed by atoms with E-state index in [1.54, 1.807) is 60.8 Å². The molecule has 3 aliphatic rings. The summed E-state index contributed by atoms with van der Waals surface area (Å²) in [6.07, 6.45) is 3.89. The van der Waals surface area contributed by atoms with E-state index in [1.165, 1.54) is 22.7 Å². The van der Waals surface area contributed by atoms with Crippen LogP contribution in [0.25, 0.3) is 0 Å². The lowest BCUT2D eigenvalue weighted by atomic mass is 10.00. The predicted octanol–water partition coefficient (Wildman–Crippen LogP) is 5.95. The van der Waals surface area contributed by atoms with Crippen molar-refractivity contribution in [2.24, 2.45) is 0 Å². The average molecular weight is 823 g/mol. The van der Waals surface area contributed by atoms with Crippen LogP contribution in [0.4, 0.5) is 19.3 Å². The Labute approximate surface area is 343 Å². The van der Waals surface area contributed by atoms with Crippen molar-refractivity contribution in [2.75, 3.05) is 17.6 Å². The SMILES string of the molecule is CC(C)(C)OC(=O)N[C@@H]1C(=O)N2C(C(=O)OC(c3ccccc3)c3ccccc3)=C(C=C3CCN(Cc4cc[n+](CC(=O)Nc5ccc(F)c(F)c5)cc4)C3=O)CS[C@H]12. The molecule has 3 aromatic carbocycles. The molecule has 4 heterocycles. The Morgan fingerprint density at radius 1 is 0.932 bits per heavy atom. The van der Waals surface area contributed by atoms with Crippen molar-refractivity contribution in [1.82, 2.24) is 15.1 Å². The van der Waals surface area contributed by atoms with Gasteiger partial charge >= 0.3 is 12.1 Å². The second kappa shape index (κ2) is 17.2. The van der Waals surface area contributed by atoms with Crippen LogP contribution in [0, 0.1) is 11.6 Å². The number of rotatable bonds is 11. The summed E-state index contributed by atoms with van der Waals surface area (Å²) in [5.41, 5.74) is 2.53. The van der Waals surface area contributed by atoms with Crippen molar-refractivity contribution in [3.63, 3.8) is 0 Å². The molecular weight excluding hydrogens is 781 g/mol. The lowest BCUT2D eigenvalue weighted by molar-refractivity contribution is -0.684. The molecule has 0 saturated carbocycles. The predicted molar refractivity (Wildman–Crippen MR) is 214 cm³/mol. The molecule has 15 heteroatoms. The van der Waals surface area contributed by atoms with Gasteiger partial charge in [-0.1, -0.05) is 60.7 Å². The van der Waals surface area contributed by atoms with Gasteiger partial charge in [0.25, 0.3) is 11.8 Å². The van der Waals surface area contributed by atoms with Crippen molar-refractivity contribution in [3.05, 3.63) is 155 Å². The van der Waals surface area contributed by atoms with Crippen LogP contribution in [0.5, 0.6) is 0 Å². The molecule has 2 saturated heterocycles. The zero-order valence-electron chi connectivity index (χ0n) is 32.5. The van der Waals surface area contributed by atoms with Crippen LogP contribution in [0.1, 0.15) is 50.0 Å². The molecule has 0 aliphatic carbocycles. The smallest absolute Gasteiger partial charge is 0.408 e. The summed E-state index contributed by atoms with van der Waals surface area (Å²) in [5.74, 6) is -3.74. The number of carbonyl (C=O) groups is 5. The molecule has 2 fully saturated rings. The van der Waals surface area contributed by atoms with Crippen LogP contribution >= 0.6 is 11.8 Å². The van der Waals surface area contributed by atoms with E-state index in [1.807, 2.05) is 60.7 Å². The van der Waals surface area contributed by atoms with Crippen molar-refractivity contribution >= 4 is 47.2 Å². The summed E-state index contributed by atoms with van der Waals surface area (Å²) in [4.78, 5) is 70.2. The monoisotopic (exact) mass is 822 g/mol.